The van der Waals surface area contributed by atoms with Crippen molar-refractivity contribution in [1.29, 1.82) is 0 Å². The van der Waals surface area contributed by atoms with Gasteiger partial charge in [-0.25, -0.2) is 0 Å². The maximum atomic E-state index is 9.79. The lowest BCUT2D eigenvalue weighted by molar-refractivity contribution is 0.288. The zero-order valence-corrected chi connectivity index (χ0v) is 42.3. The van der Waals surface area contributed by atoms with Crippen molar-refractivity contribution in [2.45, 2.75) is 63.2 Å². The standard InChI is InChI=1S/C21H9Cl27O/c22-10(23,13(28,29)16(34,35)19(40,41)42)6-4-8(11(24,25)14(30,31)17(36,37)20(43,44)45)7(2-1-3-49)9(5-6)12(26,27)15(32,33)18(38,39)21(46,47)48/h4-5,49H,1-3H2. The summed E-state index contributed by atoms with van der Waals surface area (Å²) in [7, 11) is 0. The molecule has 49 heavy (non-hydrogen) atoms. The highest BCUT2D eigenvalue weighted by atomic mass is 35.6. The summed E-state index contributed by atoms with van der Waals surface area (Å²) in [6.07, 6.45) is -0.472. The molecule has 28 heteroatoms. The second-order valence-electron chi connectivity index (χ2n) is 9.54. The van der Waals surface area contributed by atoms with Gasteiger partial charge in [-0.05, 0) is 47.2 Å². The first-order valence-corrected chi connectivity index (χ1v) is 21.6. The van der Waals surface area contributed by atoms with Gasteiger partial charge >= 0.3 is 0 Å². The van der Waals surface area contributed by atoms with Gasteiger partial charge in [0, 0.05) is 6.61 Å². The average molecular weight is 1230 g/mol. The molecule has 0 radical (unpaired) electrons. The van der Waals surface area contributed by atoms with Crippen LogP contribution in [0.4, 0.5) is 0 Å². The van der Waals surface area contributed by atoms with Gasteiger partial charge in [0.15, 0.2) is 26.0 Å². The van der Waals surface area contributed by atoms with Crippen LogP contribution in [0.1, 0.15) is 28.7 Å². The minimum absolute atomic E-state index is 0.140. The first-order valence-electron chi connectivity index (χ1n) is 11.4. The molecule has 1 rings (SSSR count). The number of benzene rings is 1. The van der Waals surface area contributed by atoms with E-state index >= 15 is 0 Å². The van der Waals surface area contributed by atoms with Gasteiger partial charge in [0.1, 0.15) is 0 Å². The Morgan fingerprint density at radius 2 is 0.612 bits per heavy atom. The van der Waals surface area contributed by atoms with Gasteiger partial charge in [-0.2, -0.15) is 0 Å². The molecule has 0 heterocycles. The number of hydrogen-bond acceptors (Lipinski definition) is 1. The number of rotatable bonds is 12. The van der Waals surface area contributed by atoms with Crippen LogP contribution in [0.5, 0.6) is 0 Å². The molecule has 0 saturated carbocycles. The van der Waals surface area contributed by atoms with Crippen molar-refractivity contribution in [1.82, 2.24) is 0 Å². The van der Waals surface area contributed by atoms with E-state index in [2.05, 4.69) is 0 Å². The van der Waals surface area contributed by atoms with Gasteiger partial charge in [0.25, 0.3) is 0 Å². The molecule has 288 valence electrons. The summed E-state index contributed by atoms with van der Waals surface area (Å²) < 4.78 is -34.4. The third-order valence-electron chi connectivity index (χ3n) is 6.31. The van der Waals surface area contributed by atoms with Crippen molar-refractivity contribution in [3.8, 4) is 0 Å². The molecule has 0 amide bonds. The van der Waals surface area contributed by atoms with E-state index in [0.29, 0.717) is 0 Å². The third kappa shape index (κ3) is 9.74. The SMILES string of the molecule is OCCCc1c(C(Cl)(Cl)C(Cl)(Cl)C(Cl)(Cl)C(Cl)(Cl)Cl)cc(C(Cl)(Cl)C(Cl)(Cl)C(Cl)(Cl)C(Cl)(Cl)Cl)cc1C(Cl)(Cl)C(Cl)(Cl)C(Cl)(Cl)C(Cl)(Cl)Cl. The molecule has 0 spiro atoms. The monoisotopic (exact) mass is 1220 g/mol. The first-order chi connectivity index (χ1) is 21.0. The minimum atomic E-state index is -2.98. The Labute approximate surface area is 416 Å². The van der Waals surface area contributed by atoms with Gasteiger partial charge < -0.3 is 5.11 Å². The predicted molar refractivity (Wildman–Crippen MR) is 229 cm³/mol. The molecule has 0 atom stereocenters. The number of hydrogen-bond donors (Lipinski definition) is 1. The lowest BCUT2D eigenvalue weighted by Gasteiger charge is -2.48. The van der Waals surface area contributed by atoms with Gasteiger partial charge in [-0.15, -0.1) is 0 Å². The summed E-state index contributed by atoms with van der Waals surface area (Å²) in [5.74, 6) is 0. The second-order valence-corrected chi connectivity index (χ2v) is 28.3. The molecule has 0 aromatic heterocycles. The summed E-state index contributed by atoms with van der Waals surface area (Å²) in [5, 5.41) is 9.79. The van der Waals surface area contributed by atoms with Crippen molar-refractivity contribution in [3.63, 3.8) is 0 Å². The molecule has 0 aliphatic rings. The lowest BCUT2D eigenvalue weighted by atomic mass is 9.86. The molecule has 1 nitrogen and oxygen atoms in total. The van der Waals surface area contributed by atoms with Crippen LogP contribution in [0.25, 0.3) is 0 Å². The average Bonchev–Trinajstić information content (AvgIpc) is 2.88. The highest BCUT2D eigenvalue weighted by Crippen LogP contribution is 2.70. The molecule has 0 fully saturated rings. The molecule has 0 aliphatic heterocycles. The highest BCUT2D eigenvalue weighted by molar-refractivity contribution is 6.82. The Bertz CT molecular complexity index is 1270. The van der Waals surface area contributed by atoms with Crippen LogP contribution in [0.2, 0.25) is 0 Å². The molecule has 0 unspecified atom stereocenters. The zero-order valence-electron chi connectivity index (χ0n) is 21.9. The topological polar surface area (TPSA) is 20.2 Å². The van der Waals surface area contributed by atoms with E-state index in [1.54, 1.807) is 0 Å². The molecular weight excluding hydrogens is 1230 g/mol. The molecular formula is C21H9Cl27O. The Kier molecular flexibility index (Phi) is 19.2. The van der Waals surface area contributed by atoms with Crippen LogP contribution in [-0.4, -0.2) is 49.1 Å². The predicted octanol–water partition coefficient (Wildman–Crippen LogP) is 17.7. The molecule has 0 saturated heterocycles. The Morgan fingerprint density at radius 1 is 0.367 bits per heavy atom. The fraction of sp³-hybridized carbons (Fsp3) is 0.714. The lowest BCUT2D eigenvalue weighted by Crippen LogP contribution is -2.57. The fourth-order valence-electron chi connectivity index (χ4n) is 3.58. The van der Waals surface area contributed by atoms with E-state index in [-0.39, 0.29) is 18.4 Å². The van der Waals surface area contributed by atoms with Crippen molar-refractivity contribution < 1.29 is 5.11 Å². The quantitative estimate of drug-likeness (QED) is 0.207. The van der Waals surface area contributed by atoms with Crippen molar-refractivity contribution in [3.05, 3.63) is 34.4 Å². The molecule has 1 N–H and O–H groups in total. The summed E-state index contributed by atoms with van der Waals surface area (Å²) in [6, 6.07) is 1.88. The molecule has 0 aliphatic carbocycles. The normalized spacial score (nSPS) is 16.0. The van der Waals surface area contributed by atoms with Crippen molar-refractivity contribution >= 4 is 313 Å². The molecule has 1 aromatic carbocycles. The van der Waals surface area contributed by atoms with E-state index < -0.39 is 73.7 Å². The van der Waals surface area contributed by atoms with Crippen LogP contribution in [0.3, 0.4) is 0 Å². The summed E-state index contributed by atoms with van der Waals surface area (Å²) >= 11 is 173. The number of aliphatic hydroxyl groups is 1. The largest absolute Gasteiger partial charge is 0.396 e. The minimum Gasteiger partial charge on any atom is -0.396 e. The number of alkyl halides is 27. The highest BCUT2D eigenvalue weighted by Gasteiger charge is 2.73. The zero-order chi connectivity index (χ0) is 39.8. The van der Waals surface area contributed by atoms with Gasteiger partial charge in [0.2, 0.25) is 24.4 Å². The summed E-state index contributed by atoms with van der Waals surface area (Å²) in [6.45, 7) is -0.506. The van der Waals surface area contributed by atoms with Crippen LogP contribution in [0, 0.1) is 0 Å². The Hall–Kier alpha value is 7.01. The number of halogens is 27. The Morgan fingerprint density at radius 3 is 0.837 bits per heavy atom. The van der Waals surface area contributed by atoms with Crippen LogP contribution >= 0.6 is 313 Å². The second kappa shape index (κ2) is 17.4. The van der Waals surface area contributed by atoms with Gasteiger partial charge in [-0.3, -0.25) is 0 Å². The maximum Gasteiger partial charge on any atom is 0.226 e. The summed E-state index contributed by atoms with van der Waals surface area (Å²) in [4.78, 5) is 0. The van der Waals surface area contributed by atoms with Crippen LogP contribution < -0.4 is 0 Å². The van der Waals surface area contributed by atoms with E-state index in [9.17, 15) is 5.11 Å². The van der Waals surface area contributed by atoms with E-state index in [0.717, 1.165) is 12.1 Å². The van der Waals surface area contributed by atoms with Crippen molar-refractivity contribution in [2.75, 3.05) is 6.61 Å². The fourth-order valence-corrected chi connectivity index (χ4v) is 10.4. The van der Waals surface area contributed by atoms with E-state index in [1.165, 1.54) is 0 Å². The third-order valence-corrected chi connectivity index (χ3v) is 22.7. The smallest absolute Gasteiger partial charge is 0.226 e. The van der Waals surface area contributed by atoms with E-state index in [1.807, 2.05) is 0 Å². The van der Waals surface area contributed by atoms with Crippen LogP contribution in [-0.2, 0) is 19.4 Å². The van der Waals surface area contributed by atoms with E-state index in [4.69, 9.17) is 313 Å². The van der Waals surface area contributed by atoms with Gasteiger partial charge in [-0.1, -0.05) is 313 Å². The Balaban J connectivity index is 4.77. The molecule has 1 aromatic rings. The maximum absolute atomic E-state index is 9.79. The first kappa shape index (κ1) is 54.0. The summed E-state index contributed by atoms with van der Waals surface area (Å²) in [5.41, 5.74) is -1.90. The number of aliphatic hydroxyl groups excluding tert-OH is 1. The molecule has 0 bridgehead atoms. The van der Waals surface area contributed by atoms with Crippen molar-refractivity contribution in [2.24, 2.45) is 0 Å². The van der Waals surface area contributed by atoms with Crippen LogP contribution in [0.15, 0.2) is 12.1 Å². The van der Waals surface area contributed by atoms with Gasteiger partial charge in [0.05, 0.1) is 0 Å².